The van der Waals surface area contributed by atoms with Gasteiger partial charge in [-0.1, -0.05) is 58.9 Å². The van der Waals surface area contributed by atoms with Gasteiger partial charge in [-0.3, -0.25) is 0 Å². The summed E-state index contributed by atoms with van der Waals surface area (Å²) in [6, 6.07) is 15.5. The molecule has 3 aromatic carbocycles. The number of nitrogens with zero attached hydrogens (tertiary/aromatic N) is 2. The van der Waals surface area contributed by atoms with E-state index in [-0.39, 0.29) is 13.1 Å². The molecule has 0 unspecified atom stereocenters. The third kappa shape index (κ3) is 1.86. The standard InChI is InChI=1S/C16H12N2O2/c19-17-9-15-11-5-1-2-6-12(11)16(10-18-20)14-8-4-3-7-13(14)15/h1-8H,9-10H2. The van der Waals surface area contributed by atoms with Gasteiger partial charge in [-0.15, -0.1) is 0 Å². The Bertz CT molecular complexity index is 687. The molecule has 0 aliphatic heterocycles. The van der Waals surface area contributed by atoms with E-state index < -0.39 is 0 Å². The van der Waals surface area contributed by atoms with Crippen LogP contribution >= 0.6 is 0 Å². The Balaban J connectivity index is 2.53. The van der Waals surface area contributed by atoms with Gasteiger partial charge >= 0.3 is 0 Å². The number of fused-ring (bicyclic) bond motifs is 2. The molecule has 0 amide bonds. The third-order valence-corrected chi connectivity index (χ3v) is 3.60. The fourth-order valence-electron chi connectivity index (χ4n) is 2.78. The van der Waals surface area contributed by atoms with Crippen LogP contribution in [0.25, 0.3) is 21.5 Å². The van der Waals surface area contributed by atoms with Crippen LogP contribution in [0.3, 0.4) is 0 Å². The van der Waals surface area contributed by atoms with E-state index in [0.717, 1.165) is 32.7 Å². The molecule has 0 aromatic heterocycles. The monoisotopic (exact) mass is 264 g/mol. The zero-order chi connectivity index (χ0) is 13.9. The summed E-state index contributed by atoms with van der Waals surface area (Å²) >= 11 is 0. The average molecular weight is 264 g/mol. The third-order valence-electron chi connectivity index (χ3n) is 3.60. The summed E-state index contributed by atoms with van der Waals surface area (Å²) in [6.45, 7) is 0.242. The summed E-state index contributed by atoms with van der Waals surface area (Å²) in [5.41, 5.74) is 1.81. The number of benzene rings is 3. The van der Waals surface area contributed by atoms with Crippen molar-refractivity contribution in [2.75, 3.05) is 0 Å². The Morgan fingerprint density at radius 3 is 1.15 bits per heavy atom. The van der Waals surface area contributed by atoms with Gasteiger partial charge in [0.1, 0.15) is 13.1 Å². The fourth-order valence-corrected chi connectivity index (χ4v) is 2.78. The largest absolute Gasteiger partial charge is 0.150 e. The topological polar surface area (TPSA) is 58.9 Å². The summed E-state index contributed by atoms with van der Waals surface area (Å²) in [6.07, 6.45) is 0. The molecule has 3 aromatic rings. The van der Waals surface area contributed by atoms with Crippen LogP contribution in [0.4, 0.5) is 0 Å². The van der Waals surface area contributed by atoms with Gasteiger partial charge in [-0.2, -0.15) is 9.81 Å². The van der Waals surface area contributed by atoms with Crippen molar-refractivity contribution in [3.05, 3.63) is 69.5 Å². The molecular weight excluding hydrogens is 252 g/mol. The second kappa shape index (κ2) is 5.17. The Morgan fingerprint density at radius 1 is 0.600 bits per heavy atom. The van der Waals surface area contributed by atoms with Crippen LogP contribution in [0.2, 0.25) is 0 Å². The molecule has 0 bridgehead atoms. The Morgan fingerprint density at radius 2 is 0.900 bits per heavy atom. The molecule has 20 heavy (non-hydrogen) atoms. The summed E-state index contributed by atoms with van der Waals surface area (Å²) in [5.74, 6) is 0. The van der Waals surface area contributed by atoms with Gasteiger partial charge in [0.15, 0.2) is 0 Å². The quantitative estimate of drug-likeness (QED) is 0.513. The number of hydrogen-bond acceptors (Lipinski definition) is 4. The Hall–Kier alpha value is -2.62. The molecular formula is C16H12N2O2. The van der Waals surface area contributed by atoms with Gasteiger partial charge in [0.2, 0.25) is 0 Å². The molecule has 4 heteroatoms. The van der Waals surface area contributed by atoms with Crippen molar-refractivity contribution < 1.29 is 0 Å². The first-order valence-corrected chi connectivity index (χ1v) is 6.36. The van der Waals surface area contributed by atoms with Crippen LogP contribution in [0.1, 0.15) is 11.1 Å². The minimum atomic E-state index is 0.121. The van der Waals surface area contributed by atoms with E-state index >= 15 is 0 Å². The number of rotatable bonds is 4. The molecule has 98 valence electrons. The molecule has 0 saturated heterocycles. The van der Waals surface area contributed by atoms with Crippen LogP contribution in [0.15, 0.2) is 58.9 Å². The van der Waals surface area contributed by atoms with E-state index in [1.807, 2.05) is 48.5 Å². The summed E-state index contributed by atoms with van der Waals surface area (Å²) in [5, 5.41) is 9.94. The Kier molecular flexibility index (Phi) is 3.21. The molecule has 0 aliphatic carbocycles. The van der Waals surface area contributed by atoms with E-state index in [2.05, 4.69) is 10.4 Å². The molecule has 0 spiro atoms. The van der Waals surface area contributed by atoms with Crippen molar-refractivity contribution in [3.8, 4) is 0 Å². The number of nitroso groups, excluding NO2 is 2. The first-order chi connectivity index (χ1) is 9.86. The van der Waals surface area contributed by atoms with Crippen LogP contribution in [0.5, 0.6) is 0 Å². The predicted octanol–water partition coefficient (Wildman–Crippen LogP) is 4.53. The van der Waals surface area contributed by atoms with Crippen LogP contribution in [-0.2, 0) is 13.1 Å². The summed E-state index contributed by atoms with van der Waals surface area (Å²) < 4.78 is 0. The maximum atomic E-state index is 10.8. The lowest BCUT2D eigenvalue weighted by Crippen LogP contribution is -1.94. The Labute approximate surface area is 115 Å². The lowest BCUT2D eigenvalue weighted by atomic mass is 9.92. The first-order valence-electron chi connectivity index (χ1n) is 6.36. The average Bonchev–Trinajstić information content (AvgIpc) is 2.50. The van der Waals surface area contributed by atoms with E-state index in [4.69, 9.17) is 0 Å². The maximum absolute atomic E-state index is 10.8. The van der Waals surface area contributed by atoms with Gasteiger partial charge in [0.05, 0.1) is 0 Å². The van der Waals surface area contributed by atoms with Gasteiger partial charge in [0, 0.05) is 0 Å². The van der Waals surface area contributed by atoms with Crippen molar-refractivity contribution >= 4 is 21.5 Å². The molecule has 0 atom stereocenters. The molecule has 0 saturated carbocycles. The first kappa shape index (κ1) is 12.4. The van der Waals surface area contributed by atoms with Crippen molar-refractivity contribution in [1.82, 2.24) is 0 Å². The maximum Gasteiger partial charge on any atom is 0.107 e. The number of hydrogen-bond donors (Lipinski definition) is 0. The van der Waals surface area contributed by atoms with Crippen molar-refractivity contribution in [3.63, 3.8) is 0 Å². The molecule has 0 aliphatic rings. The zero-order valence-corrected chi connectivity index (χ0v) is 10.7. The lowest BCUT2D eigenvalue weighted by Gasteiger charge is -2.13. The summed E-state index contributed by atoms with van der Waals surface area (Å²) in [4.78, 5) is 21.5. The van der Waals surface area contributed by atoms with Crippen LogP contribution in [0, 0.1) is 9.81 Å². The summed E-state index contributed by atoms with van der Waals surface area (Å²) in [7, 11) is 0. The molecule has 0 fully saturated rings. The van der Waals surface area contributed by atoms with Gasteiger partial charge in [-0.05, 0) is 32.7 Å². The van der Waals surface area contributed by atoms with Crippen molar-refractivity contribution in [1.29, 1.82) is 0 Å². The van der Waals surface area contributed by atoms with E-state index in [1.165, 1.54) is 0 Å². The normalized spacial score (nSPS) is 10.8. The molecule has 4 nitrogen and oxygen atoms in total. The van der Waals surface area contributed by atoms with Crippen LogP contribution in [-0.4, -0.2) is 0 Å². The highest BCUT2D eigenvalue weighted by Gasteiger charge is 2.13. The predicted molar refractivity (Wildman–Crippen MR) is 80.5 cm³/mol. The highest BCUT2D eigenvalue weighted by atomic mass is 16.3. The van der Waals surface area contributed by atoms with E-state index in [1.54, 1.807) is 0 Å². The molecule has 0 N–H and O–H groups in total. The minimum absolute atomic E-state index is 0.121. The highest BCUT2D eigenvalue weighted by molar-refractivity contribution is 6.05. The van der Waals surface area contributed by atoms with Gasteiger partial charge < -0.3 is 0 Å². The fraction of sp³-hybridized carbons (Fsp3) is 0.125. The zero-order valence-electron chi connectivity index (χ0n) is 10.7. The second-order valence-electron chi connectivity index (χ2n) is 4.62. The van der Waals surface area contributed by atoms with Gasteiger partial charge in [0.25, 0.3) is 0 Å². The lowest BCUT2D eigenvalue weighted by molar-refractivity contribution is 1.06. The van der Waals surface area contributed by atoms with Gasteiger partial charge in [-0.25, -0.2) is 0 Å². The molecule has 0 heterocycles. The van der Waals surface area contributed by atoms with Crippen molar-refractivity contribution in [2.45, 2.75) is 13.1 Å². The molecule has 0 radical (unpaired) electrons. The second-order valence-corrected chi connectivity index (χ2v) is 4.62. The minimum Gasteiger partial charge on any atom is -0.150 e. The molecule has 3 rings (SSSR count). The van der Waals surface area contributed by atoms with E-state index in [0.29, 0.717) is 0 Å². The van der Waals surface area contributed by atoms with Crippen LogP contribution < -0.4 is 0 Å². The smallest absolute Gasteiger partial charge is 0.107 e. The highest BCUT2D eigenvalue weighted by Crippen LogP contribution is 2.33. The van der Waals surface area contributed by atoms with E-state index in [9.17, 15) is 9.81 Å². The SMILES string of the molecule is O=NCc1c2ccccc2c(CN=O)c2ccccc12. The van der Waals surface area contributed by atoms with Crippen molar-refractivity contribution in [2.24, 2.45) is 10.4 Å².